The van der Waals surface area contributed by atoms with Gasteiger partial charge in [0.2, 0.25) is 82.7 Å². The number of carbonyl (C=O) groups is 14. The molecular formula is C88H122N18O17S. The number of nitrogens with two attached hydrogens (primary N) is 3. The van der Waals surface area contributed by atoms with E-state index < -0.39 is 206 Å². The van der Waals surface area contributed by atoms with Crippen LogP contribution in [0.15, 0.2) is 146 Å². The average Bonchev–Trinajstić information content (AvgIpc) is 1.64. The van der Waals surface area contributed by atoms with E-state index >= 15 is 19.2 Å². The van der Waals surface area contributed by atoms with Gasteiger partial charge in [0.1, 0.15) is 60.6 Å². The van der Waals surface area contributed by atoms with Crippen LogP contribution >= 0.6 is 11.8 Å². The number of aromatic amines is 1. The molecule has 1 aliphatic rings. The fourth-order valence-corrected chi connectivity index (χ4v) is 15.3. The van der Waals surface area contributed by atoms with Gasteiger partial charge in [-0.05, 0) is 70.5 Å². The number of hydrogen-bond acceptors (Lipinski definition) is 21. The molecule has 0 bridgehead atoms. The molecule has 12 unspecified atom stereocenters. The van der Waals surface area contributed by atoms with Crippen LogP contribution in [0.4, 0.5) is 0 Å². The zero-order chi connectivity index (χ0) is 91.0. The van der Waals surface area contributed by atoms with Crippen molar-refractivity contribution in [3.63, 3.8) is 0 Å². The Labute approximate surface area is 727 Å². The molecule has 1 aliphatic heterocycles. The van der Waals surface area contributed by atoms with Crippen molar-refractivity contribution in [2.75, 3.05) is 72.9 Å². The van der Waals surface area contributed by atoms with Gasteiger partial charge in [0.15, 0.2) is 6.29 Å². The van der Waals surface area contributed by atoms with Crippen molar-refractivity contribution in [1.29, 1.82) is 0 Å². The molecule has 12 atom stereocenters. The summed E-state index contributed by atoms with van der Waals surface area (Å²) in [5, 5.41) is 58.4. The molecule has 1 fully saturated rings. The van der Waals surface area contributed by atoms with Crippen molar-refractivity contribution in [3.8, 4) is 0 Å². The number of H-pyrrole nitrogens is 1. The molecule has 14 amide bonds. The molecule has 35 nitrogen and oxygen atoms in total. The molecule has 1 aromatic heterocycles. The van der Waals surface area contributed by atoms with Crippen LogP contribution in [0.3, 0.4) is 0 Å². The highest BCUT2D eigenvalue weighted by Gasteiger charge is 2.42. The number of nitrogens with one attached hydrogen (secondary N) is 10. The van der Waals surface area contributed by atoms with Crippen LogP contribution in [-0.2, 0) is 106 Å². The van der Waals surface area contributed by atoms with Crippen molar-refractivity contribution in [3.05, 3.63) is 179 Å². The Morgan fingerprint density at radius 3 is 1.59 bits per heavy atom. The van der Waals surface area contributed by atoms with Crippen LogP contribution in [-0.4, -0.2) is 279 Å². The Balaban J connectivity index is 1.31. The number of carbonyl (C=O) groups excluding carboxylic acids is 14. The highest BCUT2D eigenvalue weighted by Crippen LogP contribution is 2.24. The molecule has 2 heterocycles. The molecule has 6 aromatic rings. The Morgan fingerprint density at radius 1 is 0.508 bits per heavy atom. The molecule has 0 saturated carbocycles. The second kappa shape index (κ2) is 49.0. The smallest absolute Gasteiger partial charge is 0.246 e. The highest BCUT2D eigenvalue weighted by atomic mass is 32.2. The van der Waals surface area contributed by atoms with Crippen LogP contribution < -0.4 is 65.1 Å². The zero-order valence-corrected chi connectivity index (χ0v) is 72.8. The molecule has 0 radical (unpaired) electrons. The van der Waals surface area contributed by atoms with Crippen molar-refractivity contribution in [2.45, 2.75) is 184 Å². The van der Waals surface area contributed by atoms with Gasteiger partial charge < -0.3 is 105 Å². The lowest BCUT2D eigenvalue weighted by Crippen LogP contribution is -2.62. The molecule has 0 aliphatic carbocycles. The van der Waals surface area contributed by atoms with Crippen molar-refractivity contribution in [2.24, 2.45) is 29.0 Å². The first-order valence-electron chi connectivity index (χ1n) is 41.5. The minimum atomic E-state index is -2.22. The van der Waals surface area contributed by atoms with Crippen molar-refractivity contribution >= 4 is 105 Å². The lowest BCUT2D eigenvalue weighted by Gasteiger charge is -2.37. The number of primary amides is 1. The number of aliphatic hydroxyl groups excluding tert-OH is 2. The molecule has 0 spiro atoms. The summed E-state index contributed by atoms with van der Waals surface area (Å²) in [6.07, 6.45) is -2.90. The number of thioether (sulfide) groups is 1. The van der Waals surface area contributed by atoms with Gasteiger partial charge in [-0.15, -0.1) is 11.8 Å². The van der Waals surface area contributed by atoms with Gasteiger partial charge in [-0.3, -0.25) is 72.4 Å². The fourth-order valence-electron chi connectivity index (χ4n) is 14.5. The maximum absolute atomic E-state index is 15.5. The van der Waals surface area contributed by atoms with Crippen LogP contribution in [0.1, 0.15) is 100 Å². The summed E-state index contributed by atoms with van der Waals surface area (Å²) >= 11 is 0.864. The van der Waals surface area contributed by atoms with E-state index in [2.05, 4.69) is 52.8 Å². The lowest BCUT2D eigenvalue weighted by molar-refractivity contribution is -0.151. The maximum atomic E-state index is 15.5. The van der Waals surface area contributed by atoms with Crippen LogP contribution in [0.2, 0.25) is 0 Å². The molecular weight excluding hydrogens is 1610 g/mol. The summed E-state index contributed by atoms with van der Waals surface area (Å²) in [4.78, 5) is 214. The Bertz CT molecular complexity index is 4590. The SMILES string of the molecule is CCCCC1C(=O)N(C)CC(=O)NC(CC(O)O)C(=O)NC(C(C)C)C(=O)N(C)C(Cc2ccccc2)C(=O)NC(CN)C(=O)N(C)CC(=O)NC(Cc2c[nH]c3ccccc23)C(=O)NC(Cc2ccc(CN)cc2)C(O)NC(CC(C)C)C(=O)NC(C(=O)NCC(N)=O)CSCC(=O)NC(Cc2ccccc2)C(=O)N(C)C(Cc2ccccc2)C(=O)N1C. The summed E-state index contributed by atoms with van der Waals surface area (Å²) in [7, 11) is 6.61. The number of unbranched alkanes of at least 4 members (excludes halogenated alkanes) is 1. The number of likely N-dealkylation sites (N-methyl/N-ethyl adjacent to an activating group) is 5. The van der Waals surface area contributed by atoms with E-state index in [1.807, 2.05) is 6.92 Å². The van der Waals surface area contributed by atoms with Gasteiger partial charge in [0, 0.05) is 103 Å². The first-order valence-corrected chi connectivity index (χ1v) is 42.6. The minimum absolute atomic E-state index is 0.000226. The molecule has 1 saturated heterocycles. The summed E-state index contributed by atoms with van der Waals surface area (Å²) in [6, 6.07) is 24.1. The molecule has 19 N–H and O–H groups in total. The first-order chi connectivity index (χ1) is 59.0. The summed E-state index contributed by atoms with van der Waals surface area (Å²) in [5.41, 5.74) is 22.1. The van der Waals surface area contributed by atoms with Crippen molar-refractivity contribution in [1.82, 2.24) is 77.3 Å². The summed E-state index contributed by atoms with van der Waals surface area (Å²) in [5.74, 6) is -13.8. The number of aromatic nitrogens is 1. The minimum Gasteiger partial charge on any atom is -0.376 e. The topological polar surface area (TPSA) is 518 Å². The number of rotatable bonds is 23. The number of benzene rings is 5. The van der Waals surface area contributed by atoms with E-state index in [9.17, 15) is 63.3 Å². The molecule has 5 aromatic carbocycles. The third-order valence-corrected chi connectivity index (χ3v) is 22.5. The van der Waals surface area contributed by atoms with Gasteiger partial charge in [0.05, 0.1) is 37.5 Å². The van der Waals surface area contributed by atoms with E-state index in [1.54, 1.807) is 173 Å². The monoisotopic (exact) mass is 1730 g/mol. The van der Waals surface area contributed by atoms with Crippen LogP contribution in [0.5, 0.6) is 0 Å². The standard InChI is InChI=1S/C88H122N18O17S/c1-11-12-32-69-86(121)103(7)49-74(109)95-65(43-76(111)112)82(117)101-77(53(4)5)88(123)105(9)70(40-55-26-18-14-19-27-55)83(118)99-67(45-90)84(119)102(6)48-73(108)94-64(42-59-46-92-61-31-23-22-30-60(59)61)81(116)98-63(38-57-33-35-58(44-89)36-34-57)80(115)97-62(37-52(2)3)79(114)100-68(78(113)93-47-72(91)107)50-124-51-75(110)96-66(39-54-24-16-13-17-25-54)85(120)106(10)71(87(122)104(69)8)41-56-28-20-15-21-29-56/h13-31,33-36,46,52-53,62-71,76-77,80,92,97,111-112,115H,11-12,32,37-45,47-51,89-90H2,1-10H3,(H2,91,107)(H,93,113)(H,94,108)(H,95,109)(H,96,110)(H,98,116)(H,99,118)(H,100,114)(H,101,117). The Kier molecular flexibility index (Phi) is 39.3. The predicted octanol–water partition coefficient (Wildman–Crippen LogP) is -0.892. The highest BCUT2D eigenvalue weighted by molar-refractivity contribution is 8.00. The Hall–Kier alpha value is -11.7. The van der Waals surface area contributed by atoms with Crippen LogP contribution in [0, 0.1) is 11.8 Å². The van der Waals surface area contributed by atoms with Gasteiger partial charge >= 0.3 is 0 Å². The van der Waals surface area contributed by atoms with E-state index in [-0.39, 0.29) is 63.2 Å². The number of hydrogen-bond donors (Lipinski definition) is 16. The van der Waals surface area contributed by atoms with Crippen LogP contribution in [0.25, 0.3) is 10.9 Å². The number of para-hydroxylation sites is 1. The molecule has 124 heavy (non-hydrogen) atoms. The first kappa shape index (κ1) is 99.4. The fraction of sp³-hybridized carbons (Fsp3) is 0.477. The second-order valence-corrected chi connectivity index (χ2v) is 33.1. The molecule has 7 rings (SSSR count). The van der Waals surface area contributed by atoms with Gasteiger partial charge in [-0.1, -0.05) is 181 Å². The summed E-state index contributed by atoms with van der Waals surface area (Å²) in [6.45, 7) is 6.10. The third kappa shape index (κ3) is 30.1. The van der Waals surface area contributed by atoms with E-state index in [0.29, 0.717) is 51.6 Å². The third-order valence-electron chi connectivity index (χ3n) is 21.5. The normalized spacial score (nSPS) is 23.1. The lowest BCUT2D eigenvalue weighted by atomic mass is 9.98. The zero-order valence-electron chi connectivity index (χ0n) is 72.0. The van der Waals surface area contributed by atoms with E-state index in [0.717, 1.165) is 32.0 Å². The molecule has 672 valence electrons. The van der Waals surface area contributed by atoms with E-state index in [4.69, 9.17) is 17.2 Å². The van der Waals surface area contributed by atoms with Gasteiger partial charge in [-0.2, -0.15) is 0 Å². The van der Waals surface area contributed by atoms with E-state index in [1.165, 1.54) is 45.0 Å². The number of amides is 14. The Morgan fingerprint density at radius 2 is 1.02 bits per heavy atom. The number of nitrogens with zero attached hydrogens (tertiary/aromatic N) is 5. The maximum Gasteiger partial charge on any atom is 0.246 e. The van der Waals surface area contributed by atoms with Gasteiger partial charge in [-0.25, -0.2) is 0 Å². The second-order valence-electron chi connectivity index (χ2n) is 32.1. The number of fused-ring (bicyclic) bond motifs is 1. The van der Waals surface area contributed by atoms with Gasteiger partial charge in [0.25, 0.3) is 0 Å². The van der Waals surface area contributed by atoms with Crippen molar-refractivity contribution < 1.29 is 82.4 Å². The predicted molar refractivity (Wildman–Crippen MR) is 467 cm³/mol. The largest absolute Gasteiger partial charge is 0.376 e. The quantitative estimate of drug-likeness (QED) is 0.0346. The molecule has 36 heteroatoms. The average molecular weight is 1740 g/mol. The number of aliphatic hydroxyl groups is 3. The summed E-state index contributed by atoms with van der Waals surface area (Å²) < 4.78 is 0.